The maximum absolute atomic E-state index is 10.8. The van der Waals surface area contributed by atoms with Gasteiger partial charge in [0.1, 0.15) is 18.1 Å². The third kappa shape index (κ3) is 5.87. The third-order valence-corrected chi connectivity index (χ3v) is 3.64. The SMILES string of the molecule is CCOCCCOc1cccc(COc2ccc(C=O)c(Cl)c2)c1. The van der Waals surface area contributed by atoms with Gasteiger partial charge >= 0.3 is 0 Å². The minimum Gasteiger partial charge on any atom is -0.493 e. The molecule has 0 heterocycles. The first-order valence-electron chi connectivity index (χ1n) is 7.90. The molecule has 0 amide bonds. The Morgan fingerprint density at radius 2 is 1.88 bits per heavy atom. The number of ether oxygens (including phenoxy) is 3. The van der Waals surface area contributed by atoms with Crippen molar-refractivity contribution in [2.24, 2.45) is 0 Å². The molecular formula is C19H21ClO4. The molecule has 5 heteroatoms. The second-order valence-electron chi connectivity index (χ2n) is 5.14. The Balaban J connectivity index is 1.85. The van der Waals surface area contributed by atoms with Gasteiger partial charge in [-0.3, -0.25) is 4.79 Å². The number of aldehydes is 1. The average Bonchev–Trinajstić information content (AvgIpc) is 2.60. The highest BCUT2D eigenvalue weighted by Gasteiger charge is 2.03. The number of hydrogen-bond donors (Lipinski definition) is 0. The molecule has 0 aliphatic carbocycles. The first-order chi connectivity index (χ1) is 11.7. The fourth-order valence-corrected chi connectivity index (χ4v) is 2.30. The van der Waals surface area contributed by atoms with Gasteiger partial charge in [0.2, 0.25) is 0 Å². The topological polar surface area (TPSA) is 44.8 Å². The van der Waals surface area contributed by atoms with Crippen molar-refractivity contribution in [3.8, 4) is 11.5 Å². The van der Waals surface area contributed by atoms with Crippen LogP contribution in [0.4, 0.5) is 0 Å². The molecule has 0 saturated heterocycles. The first kappa shape index (κ1) is 18.3. The van der Waals surface area contributed by atoms with Crippen LogP contribution in [0.5, 0.6) is 11.5 Å². The summed E-state index contributed by atoms with van der Waals surface area (Å²) in [6, 6.07) is 12.8. The van der Waals surface area contributed by atoms with Gasteiger partial charge in [-0.1, -0.05) is 23.7 Å². The van der Waals surface area contributed by atoms with Crippen LogP contribution in [0.2, 0.25) is 5.02 Å². The average molecular weight is 349 g/mol. The predicted molar refractivity (Wildman–Crippen MR) is 94.2 cm³/mol. The van der Waals surface area contributed by atoms with Gasteiger partial charge in [0, 0.05) is 25.2 Å². The molecule has 4 nitrogen and oxygen atoms in total. The maximum Gasteiger partial charge on any atom is 0.151 e. The van der Waals surface area contributed by atoms with Crippen molar-refractivity contribution in [3.05, 3.63) is 58.6 Å². The summed E-state index contributed by atoms with van der Waals surface area (Å²) in [5.41, 5.74) is 1.44. The standard InChI is InChI=1S/C19H21ClO4/c1-2-22-9-4-10-23-17-6-3-5-15(11-17)14-24-18-8-7-16(13-21)19(20)12-18/h3,5-8,11-13H,2,4,9-10,14H2,1H3. The molecule has 0 aliphatic heterocycles. The van der Waals surface area contributed by atoms with E-state index in [4.69, 9.17) is 25.8 Å². The van der Waals surface area contributed by atoms with E-state index in [0.717, 1.165) is 30.6 Å². The molecule has 0 radical (unpaired) electrons. The van der Waals surface area contributed by atoms with Crippen molar-refractivity contribution in [3.63, 3.8) is 0 Å². The lowest BCUT2D eigenvalue weighted by Crippen LogP contribution is -2.03. The molecule has 24 heavy (non-hydrogen) atoms. The monoisotopic (exact) mass is 348 g/mol. The van der Waals surface area contributed by atoms with Gasteiger partial charge in [0.25, 0.3) is 0 Å². The minimum atomic E-state index is 0.383. The molecule has 0 fully saturated rings. The quantitative estimate of drug-likeness (QED) is 0.467. The van der Waals surface area contributed by atoms with Crippen LogP contribution in [0, 0.1) is 0 Å². The molecule has 0 unspecified atom stereocenters. The molecule has 0 N–H and O–H groups in total. The van der Waals surface area contributed by atoms with Crippen LogP contribution in [-0.4, -0.2) is 26.1 Å². The summed E-state index contributed by atoms with van der Waals surface area (Å²) in [4.78, 5) is 10.8. The summed E-state index contributed by atoms with van der Waals surface area (Å²) >= 11 is 5.99. The van der Waals surface area contributed by atoms with Crippen molar-refractivity contribution in [2.75, 3.05) is 19.8 Å². The van der Waals surface area contributed by atoms with Gasteiger partial charge in [-0.2, -0.15) is 0 Å². The molecular weight excluding hydrogens is 328 g/mol. The van der Waals surface area contributed by atoms with E-state index >= 15 is 0 Å². The molecule has 0 bridgehead atoms. The normalized spacial score (nSPS) is 10.4. The van der Waals surface area contributed by atoms with Crippen LogP contribution in [0.3, 0.4) is 0 Å². The lowest BCUT2D eigenvalue weighted by molar-refractivity contribution is 0.112. The fourth-order valence-electron chi connectivity index (χ4n) is 2.08. The molecule has 0 aromatic heterocycles. The van der Waals surface area contributed by atoms with E-state index in [-0.39, 0.29) is 0 Å². The summed E-state index contributed by atoms with van der Waals surface area (Å²) in [6.07, 6.45) is 1.58. The summed E-state index contributed by atoms with van der Waals surface area (Å²) in [6.45, 7) is 4.42. The number of carbonyl (C=O) groups is 1. The smallest absolute Gasteiger partial charge is 0.151 e. The third-order valence-electron chi connectivity index (χ3n) is 3.31. The minimum absolute atomic E-state index is 0.383. The van der Waals surface area contributed by atoms with Crippen molar-refractivity contribution in [2.45, 2.75) is 20.0 Å². The Labute approximate surface area is 147 Å². The van der Waals surface area contributed by atoms with Crippen LogP contribution in [0.15, 0.2) is 42.5 Å². The van der Waals surface area contributed by atoms with Crippen LogP contribution in [0.25, 0.3) is 0 Å². The molecule has 128 valence electrons. The van der Waals surface area contributed by atoms with E-state index in [0.29, 0.717) is 36.2 Å². The lowest BCUT2D eigenvalue weighted by Gasteiger charge is -2.10. The number of benzene rings is 2. The largest absolute Gasteiger partial charge is 0.493 e. The second-order valence-corrected chi connectivity index (χ2v) is 5.54. The van der Waals surface area contributed by atoms with Crippen molar-refractivity contribution >= 4 is 17.9 Å². The Hall–Kier alpha value is -2.04. The van der Waals surface area contributed by atoms with E-state index in [1.54, 1.807) is 18.2 Å². The molecule has 0 aliphatic rings. The van der Waals surface area contributed by atoms with Gasteiger partial charge in [0.15, 0.2) is 6.29 Å². The number of hydrogen-bond acceptors (Lipinski definition) is 4. The van der Waals surface area contributed by atoms with E-state index in [1.165, 1.54) is 0 Å². The zero-order valence-electron chi connectivity index (χ0n) is 13.7. The van der Waals surface area contributed by atoms with Gasteiger partial charge in [-0.15, -0.1) is 0 Å². The van der Waals surface area contributed by atoms with Gasteiger partial charge in [0.05, 0.1) is 11.6 Å². The number of carbonyl (C=O) groups excluding carboxylic acids is 1. The van der Waals surface area contributed by atoms with E-state index in [2.05, 4.69) is 0 Å². The van der Waals surface area contributed by atoms with Crippen LogP contribution < -0.4 is 9.47 Å². The molecule has 0 saturated carbocycles. The van der Waals surface area contributed by atoms with Crippen LogP contribution >= 0.6 is 11.6 Å². The Morgan fingerprint density at radius 3 is 2.62 bits per heavy atom. The summed E-state index contributed by atoms with van der Waals surface area (Å²) in [7, 11) is 0. The molecule has 2 aromatic rings. The van der Waals surface area contributed by atoms with Crippen molar-refractivity contribution in [1.82, 2.24) is 0 Å². The Morgan fingerprint density at radius 1 is 1.04 bits per heavy atom. The van der Waals surface area contributed by atoms with E-state index in [9.17, 15) is 4.79 Å². The molecule has 0 spiro atoms. The van der Waals surface area contributed by atoms with Gasteiger partial charge < -0.3 is 14.2 Å². The van der Waals surface area contributed by atoms with Crippen LogP contribution in [0.1, 0.15) is 29.3 Å². The van der Waals surface area contributed by atoms with Gasteiger partial charge in [-0.25, -0.2) is 0 Å². The number of halogens is 1. The van der Waals surface area contributed by atoms with Crippen molar-refractivity contribution in [1.29, 1.82) is 0 Å². The highest BCUT2D eigenvalue weighted by atomic mass is 35.5. The highest BCUT2D eigenvalue weighted by molar-refractivity contribution is 6.33. The molecule has 2 aromatic carbocycles. The Kier molecular flexibility index (Phi) is 7.59. The zero-order chi connectivity index (χ0) is 17.2. The molecule has 2 rings (SSSR count). The van der Waals surface area contributed by atoms with Crippen molar-refractivity contribution < 1.29 is 19.0 Å². The zero-order valence-corrected chi connectivity index (χ0v) is 14.4. The second kappa shape index (κ2) is 9.96. The fraction of sp³-hybridized carbons (Fsp3) is 0.316. The molecule has 0 atom stereocenters. The summed E-state index contributed by atoms with van der Waals surface area (Å²) in [5, 5.41) is 0.383. The number of rotatable bonds is 10. The Bertz CT molecular complexity index is 658. The summed E-state index contributed by atoms with van der Waals surface area (Å²) < 4.78 is 16.7. The van der Waals surface area contributed by atoms with Gasteiger partial charge in [-0.05, 0) is 42.8 Å². The maximum atomic E-state index is 10.8. The summed E-state index contributed by atoms with van der Waals surface area (Å²) in [5.74, 6) is 1.43. The van der Waals surface area contributed by atoms with E-state index < -0.39 is 0 Å². The predicted octanol–water partition coefficient (Wildman–Crippen LogP) is 4.54. The lowest BCUT2D eigenvalue weighted by atomic mass is 10.2. The van der Waals surface area contributed by atoms with Crippen LogP contribution in [-0.2, 0) is 11.3 Å². The first-order valence-corrected chi connectivity index (χ1v) is 8.27. The van der Waals surface area contributed by atoms with E-state index in [1.807, 2.05) is 31.2 Å². The highest BCUT2D eigenvalue weighted by Crippen LogP contribution is 2.22.